The summed E-state index contributed by atoms with van der Waals surface area (Å²) in [4.78, 5) is 22.1. The predicted molar refractivity (Wildman–Crippen MR) is 83.1 cm³/mol. The van der Waals surface area contributed by atoms with Crippen molar-refractivity contribution in [1.29, 1.82) is 0 Å². The van der Waals surface area contributed by atoms with Crippen molar-refractivity contribution in [3.8, 4) is 0 Å². The topological polar surface area (TPSA) is 58.1 Å². The predicted octanol–water partition coefficient (Wildman–Crippen LogP) is 2.03. The fraction of sp³-hybridized carbons (Fsp3) is 0.188. The monoisotopic (exact) mass is 282 g/mol. The third kappa shape index (κ3) is 4.14. The minimum Gasteiger partial charge on any atom is -0.354 e. The highest BCUT2D eigenvalue weighted by molar-refractivity contribution is 5.92. The number of amides is 1. The van der Waals surface area contributed by atoms with Gasteiger partial charge in [-0.2, -0.15) is 0 Å². The summed E-state index contributed by atoms with van der Waals surface area (Å²) in [5.41, 5.74) is 1.49. The van der Waals surface area contributed by atoms with E-state index in [9.17, 15) is 4.79 Å². The maximum atomic E-state index is 11.7. The number of aromatic nitrogens is 2. The van der Waals surface area contributed by atoms with Crippen LogP contribution >= 0.6 is 0 Å². The average molecular weight is 282 g/mol. The first kappa shape index (κ1) is 14.7. The van der Waals surface area contributed by atoms with E-state index in [2.05, 4.69) is 34.0 Å². The van der Waals surface area contributed by atoms with E-state index < -0.39 is 0 Å². The molecule has 0 bridgehead atoms. The highest BCUT2D eigenvalue weighted by atomic mass is 16.1. The lowest BCUT2D eigenvalue weighted by molar-refractivity contribution is 0.0952. The number of carbonyl (C=O) groups is 1. The van der Waals surface area contributed by atoms with Crippen LogP contribution in [0.3, 0.4) is 0 Å². The van der Waals surface area contributed by atoms with Gasteiger partial charge in [0.05, 0.1) is 12.4 Å². The Hall–Kier alpha value is -2.69. The Morgan fingerprint density at radius 2 is 2.05 bits per heavy atom. The molecule has 108 valence electrons. The summed E-state index contributed by atoms with van der Waals surface area (Å²) in [6.07, 6.45) is 4.70. The van der Waals surface area contributed by atoms with Crippen molar-refractivity contribution >= 4 is 11.7 Å². The highest BCUT2D eigenvalue weighted by Gasteiger charge is 2.09. The molecule has 5 nitrogen and oxygen atoms in total. The van der Waals surface area contributed by atoms with Crippen LogP contribution in [-0.4, -0.2) is 29.5 Å². The van der Waals surface area contributed by atoms with Crippen molar-refractivity contribution in [2.24, 2.45) is 0 Å². The van der Waals surface area contributed by atoms with Gasteiger partial charge < -0.3 is 10.2 Å². The van der Waals surface area contributed by atoms with Crippen LogP contribution in [0.4, 0.5) is 5.82 Å². The van der Waals surface area contributed by atoms with E-state index >= 15 is 0 Å². The number of benzene rings is 1. The molecule has 1 aromatic carbocycles. The summed E-state index contributed by atoms with van der Waals surface area (Å²) >= 11 is 0. The van der Waals surface area contributed by atoms with E-state index in [0.717, 1.165) is 12.4 Å². The number of carbonyl (C=O) groups excluding carboxylic acids is 1. The van der Waals surface area contributed by atoms with Gasteiger partial charge >= 0.3 is 0 Å². The maximum absolute atomic E-state index is 11.7. The SMILES string of the molecule is C=CCNC(=O)c1cnc(N(C)Cc2ccccc2)cn1. The standard InChI is InChI=1S/C16H18N4O/c1-3-9-17-16(21)14-10-19-15(11-18-14)20(2)12-13-7-5-4-6-8-13/h3-8,10-11H,1,9,12H2,2H3,(H,17,21). The Morgan fingerprint density at radius 3 is 2.67 bits per heavy atom. The fourth-order valence-corrected chi connectivity index (χ4v) is 1.83. The van der Waals surface area contributed by atoms with Gasteiger partial charge in [0.2, 0.25) is 0 Å². The maximum Gasteiger partial charge on any atom is 0.271 e. The number of hydrogen-bond acceptors (Lipinski definition) is 4. The second kappa shape index (κ2) is 7.19. The van der Waals surface area contributed by atoms with E-state index in [1.807, 2.05) is 30.1 Å². The van der Waals surface area contributed by atoms with Gasteiger partial charge in [-0.15, -0.1) is 6.58 Å². The normalized spacial score (nSPS) is 9.95. The molecule has 0 aliphatic heterocycles. The first-order valence-corrected chi connectivity index (χ1v) is 6.67. The lowest BCUT2D eigenvalue weighted by Gasteiger charge is -2.17. The van der Waals surface area contributed by atoms with Crippen molar-refractivity contribution < 1.29 is 4.79 Å². The van der Waals surface area contributed by atoms with E-state index in [1.54, 1.807) is 12.3 Å². The minimum atomic E-state index is -0.250. The molecule has 0 saturated carbocycles. The minimum absolute atomic E-state index is 0.250. The largest absolute Gasteiger partial charge is 0.354 e. The summed E-state index contributed by atoms with van der Waals surface area (Å²) in [6, 6.07) is 10.1. The Balaban J connectivity index is 2.01. The highest BCUT2D eigenvalue weighted by Crippen LogP contribution is 2.11. The van der Waals surface area contributed by atoms with Crippen LogP contribution in [0.1, 0.15) is 16.1 Å². The molecule has 0 radical (unpaired) electrons. The summed E-state index contributed by atoms with van der Waals surface area (Å²) in [5, 5.41) is 2.66. The van der Waals surface area contributed by atoms with Gasteiger partial charge in [0, 0.05) is 20.1 Å². The molecule has 2 aromatic rings. The molecule has 0 aliphatic carbocycles. The molecule has 1 N–H and O–H groups in total. The molecular formula is C16H18N4O. The first-order valence-electron chi connectivity index (χ1n) is 6.67. The van der Waals surface area contributed by atoms with Crippen LogP contribution in [-0.2, 0) is 6.54 Å². The van der Waals surface area contributed by atoms with Crippen molar-refractivity contribution in [3.63, 3.8) is 0 Å². The lowest BCUT2D eigenvalue weighted by Crippen LogP contribution is -2.25. The first-order chi connectivity index (χ1) is 10.2. The van der Waals surface area contributed by atoms with Gasteiger partial charge in [0.15, 0.2) is 0 Å². The van der Waals surface area contributed by atoms with Crippen LogP contribution in [0.5, 0.6) is 0 Å². The molecule has 1 amide bonds. The molecule has 2 rings (SSSR count). The van der Waals surface area contributed by atoms with Gasteiger partial charge in [-0.05, 0) is 5.56 Å². The van der Waals surface area contributed by atoms with Crippen molar-refractivity contribution in [3.05, 3.63) is 66.6 Å². The molecule has 5 heteroatoms. The summed E-state index contributed by atoms with van der Waals surface area (Å²) in [7, 11) is 1.94. The second-order valence-electron chi connectivity index (χ2n) is 4.60. The van der Waals surface area contributed by atoms with Gasteiger partial charge in [0.1, 0.15) is 11.5 Å². The third-order valence-electron chi connectivity index (χ3n) is 2.93. The van der Waals surface area contributed by atoms with E-state index in [0.29, 0.717) is 12.2 Å². The number of nitrogens with one attached hydrogen (secondary N) is 1. The molecule has 1 heterocycles. The average Bonchev–Trinajstić information content (AvgIpc) is 2.53. The smallest absolute Gasteiger partial charge is 0.271 e. The number of hydrogen-bond donors (Lipinski definition) is 1. The molecule has 0 spiro atoms. The molecule has 21 heavy (non-hydrogen) atoms. The molecule has 0 fully saturated rings. The third-order valence-corrected chi connectivity index (χ3v) is 2.93. The molecular weight excluding hydrogens is 264 g/mol. The van der Waals surface area contributed by atoms with Crippen molar-refractivity contribution in [2.45, 2.75) is 6.54 Å². The van der Waals surface area contributed by atoms with Gasteiger partial charge in [-0.1, -0.05) is 36.4 Å². The molecule has 0 atom stereocenters. The quantitative estimate of drug-likeness (QED) is 0.824. The molecule has 1 aromatic heterocycles. The Labute approximate surface area is 124 Å². The Kier molecular flexibility index (Phi) is 5.04. The van der Waals surface area contributed by atoms with E-state index in [1.165, 1.54) is 11.8 Å². The van der Waals surface area contributed by atoms with E-state index in [-0.39, 0.29) is 5.91 Å². The zero-order valence-electron chi connectivity index (χ0n) is 12.0. The zero-order valence-corrected chi connectivity index (χ0v) is 12.0. The van der Waals surface area contributed by atoms with Crippen LogP contribution in [0.2, 0.25) is 0 Å². The van der Waals surface area contributed by atoms with Gasteiger partial charge in [0.25, 0.3) is 5.91 Å². The Morgan fingerprint density at radius 1 is 1.29 bits per heavy atom. The Bertz CT molecular complexity index is 595. The molecule has 0 aliphatic rings. The van der Waals surface area contributed by atoms with Gasteiger partial charge in [-0.3, -0.25) is 4.79 Å². The van der Waals surface area contributed by atoms with Crippen LogP contribution in [0, 0.1) is 0 Å². The second-order valence-corrected chi connectivity index (χ2v) is 4.60. The summed E-state index contributed by atoms with van der Waals surface area (Å²) in [5.74, 6) is 0.471. The van der Waals surface area contributed by atoms with Crippen LogP contribution in [0.15, 0.2) is 55.4 Å². The van der Waals surface area contributed by atoms with Gasteiger partial charge in [-0.25, -0.2) is 9.97 Å². The number of rotatable bonds is 6. The fourth-order valence-electron chi connectivity index (χ4n) is 1.83. The lowest BCUT2D eigenvalue weighted by atomic mass is 10.2. The van der Waals surface area contributed by atoms with Crippen molar-refractivity contribution in [1.82, 2.24) is 15.3 Å². The number of nitrogens with zero attached hydrogens (tertiary/aromatic N) is 3. The van der Waals surface area contributed by atoms with Crippen molar-refractivity contribution in [2.75, 3.05) is 18.5 Å². The van der Waals surface area contributed by atoms with E-state index in [4.69, 9.17) is 0 Å². The molecule has 0 unspecified atom stereocenters. The summed E-state index contributed by atoms with van der Waals surface area (Å²) in [6.45, 7) is 4.69. The summed E-state index contributed by atoms with van der Waals surface area (Å²) < 4.78 is 0. The molecule has 0 saturated heterocycles. The zero-order chi connectivity index (χ0) is 15.1. The van der Waals surface area contributed by atoms with Crippen LogP contribution in [0.25, 0.3) is 0 Å². The number of anilines is 1. The van der Waals surface area contributed by atoms with Crippen LogP contribution < -0.4 is 10.2 Å².